The lowest BCUT2D eigenvalue weighted by Crippen LogP contribution is -2.56. The van der Waals surface area contributed by atoms with Crippen LogP contribution >= 0.6 is 0 Å². The molecule has 1 atom stereocenters. The van der Waals surface area contributed by atoms with Gasteiger partial charge in [0, 0.05) is 25.0 Å². The third-order valence-corrected chi connectivity index (χ3v) is 5.81. The molecular formula is C24H24N2O5. The number of Topliss-reactive ketones (excluding diaryl/α,β-unsaturated/α-hetero) is 1. The van der Waals surface area contributed by atoms with Gasteiger partial charge in [-0.1, -0.05) is 56.3 Å². The number of hydrogen-bond acceptors (Lipinski definition) is 5. The van der Waals surface area contributed by atoms with E-state index in [1.165, 1.54) is 4.90 Å². The van der Waals surface area contributed by atoms with Crippen molar-refractivity contribution in [1.82, 2.24) is 9.80 Å². The molecule has 31 heavy (non-hydrogen) atoms. The van der Waals surface area contributed by atoms with E-state index in [0.717, 1.165) is 10.5 Å². The van der Waals surface area contributed by atoms with E-state index in [1.807, 2.05) is 30.3 Å². The van der Waals surface area contributed by atoms with E-state index in [0.29, 0.717) is 11.1 Å². The number of ketones is 1. The standard InChI is InChI=1S/C24H24N2O5/c1-24(2)15-25(23(30)31-14-16-8-4-3-5-9-16)12-17(20(24)27)13-26-21(28)18-10-6-7-11-19(18)22(26)29/h3-11,17H,12-15H2,1-2H3. The summed E-state index contributed by atoms with van der Waals surface area (Å²) >= 11 is 0. The van der Waals surface area contributed by atoms with E-state index in [1.54, 1.807) is 38.1 Å². The lowest BCUT2D eigenvalue weighted by atomic mass is 9.77. The van der Waals surface area contributed by atoms with Gasteiger partial charge in [0.1, 0.15) is 12.4 Å². The molecule has 2 heterocycles. The van der Waals surface area contributed by atoms with Crippen LogP contribution in [0.1, 0.15) is 40.1 Å². The van der Waals surface area contributed by atoms with E-state index in [4.69, 9.17) is 4.74 Å². The van der Waals surface area contributed by atoms with Gasteiger partial charge in [-0.05, 0) is 17.7 Å². The number of hydrogen-bond donors (Lipinski definition) is 0. The fraction of sp³-hybridized carbons (Fsp3) is 0.333. The van der Waals surface area contributed by atoms with Gasteiger partial charge < -0.3 is 9.64 Å². The van der Waals surface area contributed by atoms with Crippen molar-refractivity contribution in [2.24, 2.45) is 11.3 Å². The Kier molecular flexibility index (Phi) is 5.35. The molecule has 2 aromatic carbocycles. The Bertz CT molecular complexity index is 1010. The van der Waals surface area contributed by atoms with Crippen LogP contribution in [0, 0.1) is 11.3 Å². The van der Waals surface area contributed by atoms with Crippen molar-refractivity contribution in [2.45, 2.75) is 20.5 Å². The largest absolute Gasteiger partial charge is 0.445 e. The van der Waals surface area contributed by atoms with Crippen LogP contribution in [0.3, 0.4) is 0 Å². The molecule has 4 rings (SSSR count). The second-order valence-electron chi connectivity index (χ2n) is 8.63. The molecule has 0 N–H and O–H groups in total. The monoisotopic (exact) mass is 420 g/mol. The summed E-state index contributed by atoms with van der Waals surface area (Å²) < 4.78 is 5.44. The van der Waals surface area contributed by atoms with E-state index in [9.17, 15) is 19.2 Å². The number of imide groups is 1. The Labute approximate surface area is 180 Å². The minimum absolute atomic E-state index is 0.0585. The highest BCUT2D eigenvalue weighted by atomic mass is 16.6. The normalized spacial score (nSPS) is 20.1. The Balaban J connectivity index is 1.47. The summed E-state index contributed by atoms with van der Waals surface area (Å²) in [6, 6.07) is 16.0. The number of ether oxygens (including phenoxy) is 1. The maximum Gasteiger partial charge on any atom is 0.410 e. The first-order valence-electron chi connectivity index (χ1n) is 10.2. The first-order valence-corrected chi connectivity index (χ1v) is 10.2. The van der Waals surface area contributed by atoms with Gasteiger partial charge in [-0.2, -0.15) is 0 Å². The summed E-state index contributed by atoms with van der Waals surface area (Å²) in [7, 11) is 0. The average molecular weight is 420 g/mol. The zero-order valence-corrected chi connectivity index (χ0v) is 17.5. The average Bonchev–Trinajstić information content (AvgIpc) is 3.00. The molecule has 0 spiro atoms. The Morgan fingerprint density at radius 1 is 0.968 bits per heavy atom. The van der Waals surface area contributed by atoms with E-state index in [2.05, 4.69) is 0 Å². The summed E-state index contributed by atoms with van der Waals surface area (Å²) in [4.78, 5) is 53.8. The van der Waals surface area contributed by atoms with Crippen LogP contribution in [0.25, 0.3) is 0 Å². The van der Waals surface area contributed by atoms with Gasteiger partial charge in [0.25, 0.3) is 11.8 Å². The van der Waals surface area contributed by atoms with E-state index >= 15 is 0 Å². The summed E-state index contributed by atoms with van der Waals surface area (Å²) in [6.45, 7) is 3.93. The number of fused-ring (bicyclic) bond motifs is 1. The maximum atomic E-state index is 13.0. The highest BCUT2D eigenvalue weighted by Crippen LogP contribution is 2.32. The lowest BCUT2D eigenvalue weighted by Gasteiger charge is -2.41. The molecule has 7 nitrogen and oxygen atoms in total. The molecule has 1 saturated heterocycles. The molecule has 2 aliphatic heterocycles. The molecule has 2 aromatic rings. The van der Waals surface area contributed by atoms with E-state index < -0.39 is 29.2 Å². The van der Waals surface area contributed by atoms with Crippen LogP contribution in [-0.4, -0.2) is 53.1 Å². The number of nitrogens with zero attached hydrogens (tertiary/aromatic N) is 2. The van der Waals surface area contributed by atoms with Gasteiger partial charge in [0.2, 0.25) is 0 Å². The van der Waals surface area contributed by atoms with Crippen molar-refractivity contribution < 1.29 is 23.9 Å². The van der Waals surface area contributed by atoms with Crippen LogP contribution in [0.5, 0.6) is 0 Å². The number of carbonyl (C=O) groups excluding carboxylic acids is 4. The van der Waals surface area contributed by atoms with Gasteiger partial charge in [-0.3, -0.25) is 19.3 Å². The lowest BCUT2D eigenvalue weighted by molar-refractivity contribution is -0.136. The Morgan fingerprint density at radius 3 is 2.16 bits per heavy atom. The SMILES string of the molecule is CC1(C)CN(C(=O)OCc2ccccc2)CC(CN2C(=O)c3ccccc3C2=O)C1=O. The molecule has 0 aromatic heterocycles. The number of carbonyl (C=O) groups is 4. The topological polar surface area (TPSA) is 84.0 Å². The molecule has 0 radical (unpaired) electrons. The number of rotatable bonds is 4. The first kappa shape index (κ1) is 20.8. The predicted molar refractivity (Wildman–Crippen MR) is 112 cm³/mol. The second-order valence-corrected chi connectivity index (χ2v) is 8.63. The zero-order chi connectivity index (χ0) is 22.2. The van der Waals surface area contributed by atoms with Gasteiger partial charge in [-0.25, -0.2) is 4.79 Å². The second kappa shape index (κ2) is 7.98. The fourth-order valence-electron chi connectivity index (χ4n) is 4.24. The minimum Gasteiger partial charge on any atom is -0.445 e. The van der Waals surface area contributed by atoms with Crippen molar-refractivity contribution in [2.75, 3.05) is 19.6 Å². The predicted octanol–water partition coefficient (Wildman–Crippen LogP) is 3.15. The summed E-state index contributed by atoms with van der Waals surface area (Å²) in [6.07, 6.45) is -0.517. The number of piperidine rings is 1. The highest BCUT2D eigenvalue weighted by Gasteiger charge is 2.46. The Hall–Kier alpha value is -3.48. The number of likely N-dealkylation sites (tertiary alicyclic amines) is 1. The molecule has 3 amide bonds. The van der Waals surface area contributed by atoms with Crippen LogP contribution in [0.4, 0.5) is 4.79 Å². The van der Waals surface area contributed by atoms with Crippen LogP contribution < -0.4 is 0 Å². The van der Waals surface area contributed by atoms with Crippen molar-refractivity contribution in [1.29, 1.82) is 0 Å². The van der Waals surface area contributed by atoms with Crippen molar-refractivity contribution in [3.8, 4) is 0 Å². The van der Waals surface area contributed by atoms with Crippen molar-refractivity contribution >= 4 is 23.7 Å². The van der Waals surface area contributed by atoms with Gasteiger partial charge >= 0.3 is 6.09 Å². The van der Waals surface area contributed by atoms with Crippen LogP contribution in [-0.2, 0) is 16.1 Å². The molecule has 2 aliphatic rings. The van der Waals surface area contributed by atoms with E-state index in [-0.39, 0.29) is 32.0 Å². The Morgan fingerprint density at radius 2 is 1.55 bits per heavy atom. The summed E-state index contributed by atoms with van der Waals surface area (Å²) in [5.41, 5.74) is 0.738. The molecular weight excluding hydrogens is 396 g/mol. The quantitative estimate of drug-likeness (QED) is 0.710. The minimum atomic E-state index is -0.812. The van der Waals surface area contributed by atoms with Gasteiger partial charge in [0.05, 0.1) is 17.0 Å². The zero-order valence-electron chi connectivity index (χ0n) is 17.5. The molecule has 0 saturated carbocycles. The first-order chi connectivity index (χ1) is 14.8. The molecule has 0 aliphatic carbocycles. The molecule has 1 fully saturated rings. The number of benzene rings is 2. The smallest absolute Gasteiger partial charge is 0.410 e. The summed E-state index contributed by atoms with van der Waals surface area (Å²) in [5.74, 6) is -1.56. The third kappa shape index (κ3) is 3.95. The highest BCUT2D eigenvalue weighted by molar-refractivity contribution is 6.21. The van der Waals surface area contributed by atoms with Gasteiger partial charge in [-0.15, -0.1) is 0 Å². The molecule has 1 unspecified atom stereocenters. The van der Waals surface area contributed by atoms with Crippen molar-refractivity contribution in [3.63, 3.8) is 0 Å². The third-order valence-electron chi connectivity index (χ3n) is 5.81. The number of amides is 3. The molecule has 0 bridgehead atoms. The molecule has 7 heteroatoms. The van der Waals surface area contributed by atoms with Crippen molar-refractivity contribution in [3.05, 3.63) is 71.3 Å². The van der Waals surface area contributed by atoms with Crippen LogP contribution in [0.15, 0.2) is 54.6 Å². The van der Waals surface area contributed by atoms with Crippen LogP contribution in [0.2, 0.25) is 0 Å². The fourth-order valence-corrected chi connectivity index (χ4v) is 4.24. The maximum absolute atomic E-state index is 13.0. The molecule has 160 valence electrons. The summed E-state index contributed by atoms with van der Waals surface area (Å²) in [5, 5.41) is 0. The van der Waals surface area contributed by atoms with Gasteiger partial charge in [0.15, 0.2) is 0 Å².